The molecule has 7 nitrogen and oxygen atoms in total. The average Bonchev–Trinajstić information content (AvgIpc) is 3.62. The minimum absolute atomic E-state index is 0.0500. The molecule has 0 N–H and O–H groups in total. The molecule has 0 aromatic heterocycles. The summed E-state index contributed by atoms with van der Waals surface area (Å²) in [5, 5.41) is 0.944. The van der Waals surface area contributed by atoms with Gasteiger partial charge in [-0.15, -0.1) is 0 Å². The van der Waals surface area contributed by atoms with E-state index in [9.17, 15) is 14.4 Å². The lowest BCUT2D eigenvalue weighted by Gasteiger charge is -2.52. The number of likely N-dealkylation sites (tertiary alicyclic amines) is 2. The topological polar surface area (TPSA) is 76.2 Å². The van der Waals surface area contributed by atoms with E-state index in [2.05, 4.69) is 0 Å². The van der Waals surface area contributed by atoms with Gasteiger partial charge in [0.05, 0.1) is 25.9 Å². The molecular weight excluding hydrogens is 527 g/mol. The fourth-order valence-electron chi connectivity index (χ4n) is 6.84. The lowest BCUT2D eigenvalue weighted by Crippen LogP contribution is -2.60. The maximum atomic E-state index is 14.2. The van der Waals surface area contributed by atoms with Crippen LogP contribution in [0.4, 0.5) is 0 Å². The van der Waals surface area contributed by atoms with Gasteiger partial charge in [-0.25, -0.2) is 0 Å². The van der Waals surface area contributed by atoms with Gasteiger partial charge in [-0.05, 0) is 68.7 Å². The van der Waals surface area contributed by atoms with Gasteiger partial charge >= 0.3 is 5.97 Å². The molecule has 1 aliphatic carbocycles. The van der Waals surface area contributed by atoms with Crippen LogP contribution in [-0.4, -0.2) is 60.0 Å². The normalized spacial score (nSPS) is 29.8. The standard InChI is InChI=1S/C29H36Cl2N2O5/c1-18-29(28(36)37-2)16-21(13-26(34)32-11-5-6-12-32)27(35)33(17-20-9-10-22(30)14-23(20)31)25(29)15-24(38-18)19-7-3-4-8-19/h9-10,14-15,18-19,21,24H,3-8,11-13,16-17H2,1-2H3/t18-,21+,24-,29+/m1/s1. The highest BCUT2D eigenvalue weighted by atomic mass is 35.5. The minimum Gasteiger partial charge on any atom is -0.468 e. The zero-order valence-electron chi connectivity index (χ0n) is 22.1. The van der Waals surface area contributed by atoms with Gasteiger partial charge < -0.3 is 19.3 Å². The number of fused-ring (bicyclic) bond motifs is 1. The Morgan fingerprint density at radius 3 is 2.50 bits per heavy atom. The predicted octanol–water partition coefficient (Wildman–Crippen LogP) is 5.38. The van der Waals surface area contributed by atoms with Crippen LogP contribution in [0.25, 0.3) is 0 Å². The van der Waals surface area contributed by atoms with E-state index in [1.807, 2.05) is 17.9 Å². The SMILES string of the molecule is COC(=O)[C@]12C[C@H](CC(=O)N3CCCC3)C(=O)N(Cc3ccc(Cl)cc3Cl)C1=C[C@H](C1CCCC1)O[C@@H]2C. The Kier molecular flexibility index (Phi) is 8.09. The van der Waals surface area contributed by atoms with Crippen molar-refractivity contribution in [2.75, 3.05) is 20.2 Å². The Morgan fingerprint density at radius 1 is 1.13 bits per heavy atom. The maximum absolute atomic E-state index is 14.2. The number of carbonyl (C=O) groups is 3. The van der Waals surface area contributed by atoms with Crippen molar-refractivity contribution in [1.82, 2.24) is 9.80 Å². The molecule has 9 heteroatoms. The van der Waals surface area contributed by atoms with E-state index in [1.54, 1.807) is 23.1 Å². The third-order valence-corrected chi connectivity index (χ3v) is 9.53. The van der Waals surface area contributed by atoms with Crippen LogP contribution in [0.1, 0.15) is 63.9 Å². The molecule has 5 rings (SSSR count). The van der Waals surface area contributed by atoms with Crippen LogP contribution in [0.2, 0.25) is 10.0 Å². The van der Waals surface area contributed by atoms with Crippen molar-refractivity contribution in [3.05, 3.63) is 45.6 Å². The van der Waals surface area contributed by atoms with Gasteiger partial charge in [0.15, 0.2) is 0 Å². The third kappa shape index (κ3) is 4.98. The smallest absolute Gasteiger partial charge is 0.320 e. The van der Waals surface area contributed by atoms with Gasteiger partial charge in [-0.2, -0.15) is 0 Å². The largest absolute Gasteiger partial charge is 0.468 e. The molecule has 3 fully saturated rings. The second-order valence-corrected chi connectivity index (χ2v) is 12.0. The van der Waals surface area contributed by atoms with Crippen molar-refractivity contribution < 1.29 is 23.9 Å². The van der Waals surface area contributed by atoms with E-state index < -0.39 is 23.4 Å². The third-order valence-electron chi connectivity index (χ3n) is 8.95. The second kappa shape index (κ2) is 11.2. The first-order valence-corrected chi connectivity index (χ1v) is 14.5. The summed E-state index contributed by atoms with van der Waals surface area (Å²) in [5.41, 5.74) is 0.125. The number of halogens is 2. The highest BCUT2D eigenvalue weighted by Crippen LogP contribution is 2.52. The number of nitrogens with zero attached hydrogens (tertiary/aromatic N) is 2. The summed E-state index contributed by atoms with van der Waals surface area (Å²) in [6.07, 6.45) is 7.82. The molecule has 2 saturated heterocycles. The lowest BCUT2D eigenvalue weighted by molar-refractivity contribution is -0.178. The molecule has 0 radical (unpaired) electrons. The van der Waals surface area contributed by atoms with Crippen LogP contribution in [0.5, 0.6) is 0 Å². The Labute approximate surface area is 234 Å². The van der Waals surface area contributed by atoms with Crippen molar-refractivity contribution in [2.45, 2.75) is 77.0 Å². The molecule has 206 valence electrons. The molecule has 0 bridgehead atoms. The molecule has 2 amide bonds. The number of benzene rings is 1. The summed E-state index contributed by atoms with van der Waals surface area (Å²) >= 11 is 12.7. The van der Waals surface area contributed by atoms with Gasteiger partial charge in [0.25, 0.3) is 0 Å². The molecule has 1 aromatic carbocycles. The van der Waals surface area contributed by atoms with E-state index in [4.69, 9.17) is 32.7 Å². The molecule has 0 unspecified atom stereocenters. The number of carbonyl (C=O) groups excluding carboxylic acids is 3. The lowest BCUT2D eigenvalue weighted by atomic mass is 9.66. The van der Waals surface area contributed by atoms with Crippen LogP contribution in [0.3, 0.4) is 0 Å². The van der Waals surface area contributed by atoms with Gasteiger partial charge in [0.1, 0.15) is 5.41 Å². The van der Waals surface area contributed by atoms with Crippen molar-refractivity contribution in [1.29, 1.82) is 0 Å². The highest BCUT2D eigenvalue weighted by molar-refractivity contribution is 6.35. The molecule has 38 heavy (non-hydrogen) atoms. The fraction of sp³-hybridized carbons (Fsp3) is 0.621. The zero-order chi connectivity index (χ0) is 27.0. The summed E-state index contributed by atoms with van der Waals surface area (Å²) in [6.45, 7) is 3.48. The highest BCUT2D eigenvalue weighted by Gasteiger charge is 2.60. The molecule has 1 aromatic rings. The number of rotatable bonds is 6. The van der Waals surface area contributed by atoms with E-state index in [0.717, 1.165) is 38.5 Å². The van der Waals surface area contributed by atoms with Crippen molar-refractivity contribution in [3.63, 3.8) is 0 Å². The van der Waals surface area contributed by atoms with E-state index in [1.165, 1.54) is 7.11 Å². The number of hydrogen-bond donors (Lipinski definition) is 0. The maximum Gasteiger partial charge on any atom is 0.320 e. The Morgan fingerprint density at radius 2 is 1.84 bits per heavy atom. The Bertz CT molecular complexity index is 1130. The summed E-state index contributed by atoms with van der Waals surface area (Å²) in [6, 6.07) is 5.19. The Hall–Kier alpha value is -2.09. The number of piperidine rings is 1. The van der Waals surface area contributed by atoms with Gasteiger partial charge in [-0.1, -0.05) is 42.1 Å². The quantitative estimate of drug-likeness (QED) is 0.435. The summed E-state index contributed by atoms with van der Waals surface area (Å²) in [7, 11) is 1.37. The Balaban J connectivity index is 1.57. The predicted molar refractivity (Wildman–Crippen MR) is 144 cm³/mol. The minimum atomic E-state index is -1.20. The number of esters is 1. The van der Waals surface area contributed by atoms with E-state index in [0.29, 0.717) is 40.3 Å². The van der Waals surface area contributed by atoms with Gasteiger partial charge in [-0.3, -0.25) is 14.4 Å². The summed E-state index contributed by atoms with van der Waals surface area (Å²) in [5.74, 6) is -1.01. The molecule has 3 aliphatic heterocycles. The molecule has 4 aliphatic rings. The van der Waals surface area contributed by atoms with Crippen LogP contribution < -0.4 is 0 Å². The molecular formula is C29H36Cl2N2O5. The van der Waals surface area contributed by atoms with Crippen molar-refractivity contribution >= 4 is 41.0 Å². The van der Waals surface area contributed by atoms with Gasteiger partial charge in [0, 0.05) is 41.2 Å². The fourth-order valence-corrected chi connectivity index (χ4v) is 7.31. The van der Waals surface area contributed by atoms with E-state index in [-0.39, 0.29) is 37.3 Å². The number of amides is 2. The van der Waals surface area contributed by atoms with E-state index >= 15 is 0 Å². The molecule has 0 spiro atoms. The number of methoxy groups -OCH3 is 1. The molecule has 1 saturated carbocycles. The van der Waals surface area contributed by atoms with Crippen molar-refractivity contribution in [2.24, 2.45) is 17.3 Å². The van der Waals surface area contributed by atoms with Crippen LogP contribution in [0.15, 0.2) is 30.0 Å². The zero-order valence-corrected chi connectivity index (χ0v) is 23.6. The number of hydrogen-bond acceptors (Lipinski definition) is 5. The molecule has 4 atom stereocenters. The molecule has 3 heterocycles. The summed E-state index contributed by atoms with van der Waals surface area (Å²) in [4.78, 5) is 44.5. The summed E-state index contributed by atoms with van der Waals surface area (Å²) < 4.78 is 11.9. The monoisotopic (exact) mass is 562 g/mol. The first-order chi connectivity index (χ1) is 18.2. The second-order valence-electron chi connectivity index (χ2n) is 11.2. The first kappa shape index (κ1) is 27.5. The average molecular weight is 564 g/mol. The van der Waals surface area contributed by atoms with Crippen LogP contribution >= 0.6 is 23.2 Å². The number of ether oxygens (including phenoxy) is 2. The van der Waals surface area contributed by atoms with Crippen LogP contribution in [0, 0.1) is 17.3 Å². The first-order valence-electron chi connectivity index (χ1n) is 13.7. The van der Waals surface area contributed by atoms with Crippen molar-refractivity contribution in [3.8, 4) is 0 Å². The van der Waals surface area contributed by atoms with Gasteiger partial charge in [0.2, 0.25) is 11.8 Å². The van der Waals surface area contributed by atoms with Crippen LogP contribution in [-0.2, 0) is 30.4 Å².